The molecule has 1 aromatic carbocycles. The highest BCUT2D eigenvalue weighted by Gasteiger charge is 2.06. The van der Waals surface area contributed by atoms with Crippen molar-refractivity contribution in [1.29, 1.82) is 0 Å². The Hall–Kier alpha value is -1.45. The first-order valence-electron chi connectivity index (χ1n) is 5.79. The molecular formula is C14H14Cl2N2O. The van der Waals surface area contributed by atoms with Crippen molar-refractivity contribution in [2.45, 2.75) is 13.5 Å². The molecule has 1 heterocycles. The summed E-state index contributed by atoms with van der Waals surface area (Å²) in [6.45, 7) is 2.60. The van der Waals surface area contributed by atoms with Gasteiger partial charge >= 0.3 is 0 Å². The Labute approximate surface area is 122 Å². The molecule has 100 valence electrons. The summed E-state index contributed by atoms with van der Waals surface area (Å²) in [5, 5.41) is 4.33. The molecule has 0 fully saturated rings. The maximum atomic E-state index is 6.08. The quantitative estimate of drug-likeness (QED) is 0.853. The SMILES string of the molecule is COc1ccc(CNc2c(C)ccnc2Cl)cc1Cl. The Balaban J connectivity index is 2.13. The average molecular weight is 297 g/mol. The number of nitrogens with zero attached hydrogens (tertiary/aromatic N) is 1. The van der Waals surface area contributed by atoms with Crippen LogP contribution >= 0.6 is 23.2 Å². The zero-order valence-corrected chi connectivity index (χ0v) is 12.2. The molecule has 5 heteroatoms. The molecule has 0 radical (unpaired) electrons. The van der Waals surface area contributed by atoms with E-state index in [0.29, 0.717) is 22.5 Å². The van der Waals surface area contributed by atoms with Crippen LogP contribution in [0, 0.1) is 6.92 Å². The van der Waals surface area contributed by atoms with Crippen molar-refractivity contribution in [1.82, 2.24) is 4.98 Å². The zero-order valence-electron chi connectivity index (χ0n) is 10.7. The van der Waals surface area contributed by atoms with Crippen molar-refractivity contribution >= 4 is 28.9 Å². The highest BCUT2D eigenvalue weighted by atomic mass is 35.5. The van der Waals surface area contributed by atoms with E-state index in [9.17, 15) is 0 Å². The number of aryl methyl sites for hydroxylation is 1. The first kappa shape index (κ1) is 14.0. The topological polar surface area (TPSA) is 34.1 Å². The van der Waals surface area contributed by atoms with Crippen LogP contribution < -0.4 is 10.1 Å². The molecule has 2 aromatic rings. The molecule has 1 aromatic heterocycles. The molecular weight excluding hydrogens is 283 g/mol. The molecule has 0 spiro atoms. The van der Waals surface area contributed by atoms with E-state index in [1.807, 2.05) is 31.2 Å². The smallest absolute Gasteiger partial charge is 0.152 e. The number of rotatable bonds is 4. The van der Waals surface area contributed by atoms with Gasteiger partial charge in [0.25, 0.3) is 0 Å². The molecule has 0 bridgehead atoms. The van der Waals surface area contributed by atoms with E-state index in [2.05, 4.69) is 10.3 Å². The summed E-state index contributed by atoms with van der Waals surface area (Å²) < 4.78 is 5.12. The van der Waals surface area contributed by atoms with Crippen LogP contribution in [0.3, 0.4) is 0 Å². The zero-order chi connectivity index (χ0) is 13.8. The molecule has 0 saturated heterocycles. The van der Waals surface area contributed by atoms with Crippen LogP contribution in [-0.2, 0) is 6.54 Å². The number of ether oxygens (including phenoxy) is 1. The minimum absolute atomic E-state index is 0.472. The fourth-order valence-corrected chi connectivity index (χ4v) is 2.30. The van der Waals surface area contributed by atoms with Gasteiger partial charge in [-0.3, -0.25) is 0 Å². The number of halogens is 2. The van der Waals surface area contributed by atoms with E-state index in [4.69, 9.17) is 27.9 Å². The van der Waals surface area contributed by atoms with Crippen LogP contribution in [0.4, 0.5) is 5.69 Å². The number of anilines is 1. The normalized spacial score (nSPS) is 10.3. The summed E-state index contributed by atoms with van der Waals surface area (Å²) in [6.07, 6.45) is 1.69. The molecule has 0 aliphatic carbocycles. The van der Waals surface area contributed by atoms with Crippen LogP contribution in [0.5, 0.6) is 5.75 Å². The van der Waals surface area contributed by atoms with E-state index < -0.39 is 0 Å². The summed E-state index contributed by atoms with van der Waals surface area (Å²) in [4.78, 5) is 4.05. The second-order valence-corrected chi connectivity index (χ2v) is 4.88. The Morgan fingerprint density at radius 2 is 2.05 bits per heavy atom. The van der Waals surface area contributed by atoms with Gasteiger partial charge in [-0.05, 0) is 36.2 Å². The van der Waals surface area contributed by atoms with Crippen molar-refractivity contribution in [3.63, 3.8) is 0 Å². The maximum absolute atomic E-state index is 6.08. The molecule has 1 N–H and O–H groups in total. The fourth-order valence-electron chi connectivity index (χ4n) is 1.75. The van der Waals surface area contributed by atoms with Crippen molar-refractivity contribution in [2.75, 3.05) is 12.4 Å². The van der Waals surface area contributed by atoms with Gasteiger partial charge in [-0.2, -0.15) is 0 Å². The second-order valence-electron chi connectivity index (χ2n) is 4.12. The minimum atomic E-state index is 0.472. The number of benzene rings is 1. The van der Waals surface area contributed by atoms with Crippen LogP contribution in [-0.4, -0.2) is 12.1 Å². The molecule has 0 atom stereocenters. The van der Waals surface area contributed by atoms with E-state index in [0.717, 1.165) is 16.8 Å². The fraction of sp³-hybridized carbons (Fsp3) is 0.214. The highest BCUT2D eigenvalue weighted by molar-refractivity contribution is 6.32. The maximum Gasteiger partial charge on any atom is 0.152 e. The lowest BCUT2D eigenvalue weighted by atomic mass is 10.2. The third-order valence-corrected chi connectivity index (χ3v) is 3.38. The number of pyridine rings is 1. The Morgan fingerprint density at radius 1 is 1.26 bits per heavy atom. The lowest BCUT2D eigenvalue weighted by Crippen LogP contribution is -2.02. The van der Waals surface area contributed by atoms with E-state index in [-0.39, 0.29) is 0 Å². The van der Waals surface area contributed by atoms with E-state index >= 15 is 0 Å². The van der Waals surface area contributed by atoms with Crippen molar-refractivity contribution in [3.8, 4) is 5.75 Å². The molecule has 0 aliphatic rings. The van der Waals surface area contributed by atoms with Crippen LogP contribution in [0.15, 0.2) is 30.5 Å². The van der Waals surface area contributed by atoms with Crippen LogP contribution in [0.1, 0.15) is 11.1 Å². The van der Waals surface area contributed by atoms with Gasteiger partial charge in [-0.25, -0.2) is 4.98 Å². The molecule has 0 amide bonds. The largest absolute Gasteiger partial charge is 0.495 e. The number of hydrogen-bond acceptors (Lipinski definition) is 3. The summed E-state index contributed by atoms with van der Waals surface area (Å²) in [7, 11) is 1.60. The molecule has 2 rings (SSSR count). The van der Waals surface area contributed by atoms with E-state index in [1.54, 1.807) is 13.3 Å². The third-order valence-electron chi connectivity index (χ3n) is 2.80. The number of nitrogens with one attached hydrogen (secondary N) is 1. The minimum Gasteiger partial charge on any atom is -0.495 e. The van der Waals surface area contributed by atoms with Gasteiger partial charge < -0.3 is 10.1 Å². The Bertz CT molecular complexity index is 567. The number of aromatic nitrogens is 1. The molecule has 0 aliphatic heterocycles. The monoisotopic (exact) mass is 296 g/mol. The predicted octanol–water partition coefficient (Wildman–Crippen LogP) is 4.32. The lowest BCUT2D eigenvalue weighted by molar-refractivity contribution is 0.415. The van der Waals surface area contributed by atoms with Gasteiger partial charge in [0.15, 0.2) is 5.15 Å². The van der Waals surface area contributed by atoms with Crippen LogP contribution in [0.2, 0.25) is 10.2 Å². The summed E-state index contributed by atoms with van der Waals surface area (Å²) >= 11 is 12.1. The van der Waals surface area contributed by atoms with Gasteiger partial charge in [0.2, 0.25) is 0 Å². The van der Waals surface area contributed by atoms with Crippen molar-refractivity contribution in [2.24, 2.45) is 0 Å². The molecule has 0 unspecified atom stereocenters. The Kier molecular flexibility index (Phi) is 4.51. The second kappa shape index (κ2) is 6.13. The highest BCUT2D eigenvalue weighted by Crippen LogP contribution is 2.27. The predicted molar refractivity (Wildman–Crippen MR) is 79.3 cm³/mol. The van der Waals surface area contributed by atoms with Gasteiger partial charge in [0.05, 0.1) is 17.8 Å². The van der Waals surface area contributed by atoms with E-state index in [1.165, 1.54) is 0 Å². The molecule has 19 heavy (non-hydrogen) atoms. The third kappa shape index (κ3) is 3.31. The molecule has 0 saturated carbocycles. The summed E-state index contributed by atoms with van der Waals surface area (Å²) in [5.41, 5.74) is 2.95. The first-order chi connectivity index (χ1) is 9.11. The first-order valence-corrected chi connectivity index (χ1v) is 6.55. The number of methoxy groups -OCH3 is 1. The average Bonchev–Trinajstić information content (AvgIpc) is 2.38. The molecule has 3 nitrogen and oxygen atoms in total. The van der Waals surface area contributed by atoms with Gasteiger partial charge in [-0.15, -0.1) is 0 Å². The number of hydrogen-bond donors (Lipinski definition) is 1. The Morgan fingerprint density at radius 3 is 2.68 bits per heavy atom. The standard InChI is InChI=1S/C14H14Cl2N2O/c1-9-5-6-17-14(16)13(9)18-8-10-3-4-12(19-2)11(15)7-10/h3-7,18H,8H2,1-2H3. The summed E-state index contributed by atoms with van der Waals surface area (Å²) in [6, 6.07) is 7.58. The van der Waals surface area contributed by atoms with Gasteiger partial charge in [0, 0.05) is 12.7 Å². The lowest BCUT2D eigenvalue weighted by Gasteiger charge is -2.11. The summed E-state index contributed by atoms with van der Waals surface area (Å²) in [5.74, 6) is 0.668. The van der Waals surface area contributed by atoms with Crippen LogP contribution in [0.25, 0.3) is 0 Å². The van der Waals surface area contributed by atoms with Crippen molar-refractivity contribution < 1.29 is 4.74 Å². The van der Waals surface area contributed by atoms with Crippen molar-refractivity contribution in [3.05, 3.63) is 51.8 Å². The van der Waals surface area contributed by atoms with Gasteiger partial charge in [-0.1, -0.05) is 29.3 Å². The van der Waals surface area contributed by atoms with Gasteiger partial charge in [0.1, 0.15) is 5.75 Å².